The Kier molecular flexibility index (Phi) is 2.52. The molecule has 1 atom stereocenters. The van der Waals surface area contributed by atoms with E-state index in [9.17, 15) is 9.59 Å². The maximum absolute atomic E-state index is 11.6. The highest BCUT2D eigenvalue weighted by Crippen LogP contribution is 2.36. The third-order valence-electron chi connectivity index (χ3n) is 2.37. The van der Waals surface area contributed by atoms with Crippen LogP contribution >= 0.6 is 0 Å². The van der Waals surface area contributed by atoms with Crippen LogP contribution in [0.25, 0.3) is 0 Å². The standard InChI is InChI=1S/C11H16O3/c1-8(12)14-11(4)7-10(2,3)6-5-9(11)13/h5-6H,7H2,1-4H3. The topological polar surface area (TPSA) is 43.4 Å². The summed E-state index contributed by atoms with van der Waals surface area (Å²) in [6, 6.07) is 0. The molecule has 0 aromatic carbocycles. The summed E-state index contributed by atoms with van der Waals surface area (Å²) in [5, 5.41) is 0. The Hall–Kier alpha value is -1.12. The molecule has 1 aliphatic carbocycles. The molecule has 0 aliphatic heterocycles. The minimum atomic E-state index is -0.982. The summed E-state index contributed by atoms with van der Waals surface area (Å²) < 4.78 is 5.09. The van der Waals surface area contributed by atoms with Gasteiger partial charge >= 0.3 is 5.97 Å². The molecule has 0 spiro atoms. The van der Waals surface area contributed by atoms with E-state index in [1.165, 1.54) is 13.0 Å². The molecule has 0 saturated heterocycles. The number of rotatable bonds is 1. The molecule has 3 heteroatoms. The first-order valence-corrected chi connectivity index (χ1v) is 4.68. The van der Waals surface area contributed by atoms with Crippen LogP contribution in [-0.4, -0.2) is 17.4 Å². The number of allylic oxidation sites excluding steroid dienone is 1. The second-order valence-corrected chi connectivity index (χ2v) is 4.69. The Labute approximate surface area is 84.1 Å². The molecule has 3 nitrogen and oxygen atoms in total. The molecule has 0 fully saturated rings. The highest BCUT2D eigenvalue weighted by molar-refractivity contribution is 5.99. The number of carbonyl (C=O) groups is 2. The molecular weight excluding hydrogens is 180 g/mol. The maximum atomic E-state index is 11.6. The highest BCUT2D eigenvalue weighted by atomic mass is 16.6. The van der Waals surface area contributed by atoms with Crippen molar-refractivity contribution in [2.45, 2.75) is 39.7 Å². The predicted octanol–water partition coefficient (Wildman–Crippen LogP) is 1.86. The van der Waals surface area contributed by atoms with Crippen molar-refractivity contribution in [3.05, 3.63) is 12.2 Å². The van der Waals surface area contributed by atoms with Gasteiger partial charge < -0.3 is 4.74 Å². The molecular formula is C11H16O3. The first-order chi connectivity index (χ1) is 6.25. The molecule has 1 unspecified atom stereocenters. The molecule has 0 amide bonds. The third-order valence-corrected chi connectivity index (χ3v) is 2.37. The Morgan fingerprint density at radius 1 is 1.43 bits per heavy atom. The lowest BCUT2D eigenvalue weighted by Crippen LogP contribution is -2.45. The van der Waals surface area contributed by atoms with Gasteiger partial charge in [-0.15, -0.1) is 0 Å². The number of ketones is 1. The second-order valence-electron chi connectivity index (χ2n) is 4.69. The largest absolute Gasteiger partial charge is 0.451 e. The van der Waals surface area contributed by atoms with Crippen LogP contribution in [0.4, 0.5) is 0 Å². The fourth-order valence-electron chi connectivity index (χ4n) is 1.90. The van der Waals surface area contributed by atoms with Crippen molar-refractivity contribution in [3.8, 4) is 0 Å². The molecule has 0 saturated carbocycles. The molecule has 1 aliphatic rings. The van der Waals surface area contributed by atoms with Crippen LogP contribution in [0.3, 0.4) is 0 Å². The number of ether oxygens (including phenoxy) is 1. The van der Waals surface area contributed by atoms with Gasteiger partial charge in [0.2, 0.25) is 0 Å². The summed E-state index contributed by atoms with van der Waals surface area (Å²) >= 11 is 0. The lowest BCUT2D eigenvalue weighted by Gasteiger charge is -2.36. The molecule has 1 rings (SSSR count). The first kappa shape index (κ1) is 11.0. The van der Waals surface area contributed by atoms with Crippen LogP contribution < -0.4 is 0 Å². The fraction of sp³-hybridized carbons (Fsp3) is 0.636. The molecule has 0 aromatic rings. The molecule has 0 radical (unpaired) electrons. The van der Waals surface area contributed by atoms with Gasteiger partial charge in [-0.3, -0.25) is 9.59 Å². The van der Waals surface area contributed by atoms with Crippen LogP contribution in [0, 0.1) is 5.41 Å². The summed E-state index contributed by atoms with van der Waals surface area (Å²) in [6.45, 7) is 7.02. The van der Waals surface area contributed by atoms with E-state index in [-0.39, 0.29) is 11.2 Å². The smallest absolute Gasteiger partial charge is 0.303 e. The van der Waals surface area contributed by atoms with Crippen LogP contribution in [0.1, 0.15) is 34.1 Å². The van der Waals surface area contributed by atoms with Crippen LogP contribution in [0.5, 0.6) is 0 Å². The normalized spacial score (nSPS) is 30.1. The van der Waals surface area contributed by atoms with E-state index in [0.29, 0.717) is 6.42 Å². The summed E-state index contributed by atoms with van der Waals surface area (Å²) in [4.78, 5) is 22.5. The summed E-state index contributed by atoms with van der Waals surface area (Å²) in [6.07, 6.45) is 3.90. The molecule has 0 aromatic heterocycles. The monoisotopic (exact) mass is 196 g/mol. The van der Waals surface area contributed by atoms with Crippen LogP contribution in [-0.2, 0) is 14.3 Å². The Morgan fingerprint density at radius 3 is 2.50 bits per heavy atom. The average molecular weight is 196 g/mol. The molecule has 0 N–H and O–H groups in total. The summed E-state index contributed by atoms with van der Waals surface area (Å²) in [5.74, 6) is -0.543. The van der Waals surface area contributed by atoms with Crippen molar-refractivity contribution in [2.24, 2.45) is 5.41 Å². The van der Waals surface area contributed by atoms with Crippen molar-refractivity contribution in [3.63, 3.8) is 0 Å². The van der Waals surface area contributed by atoms with Gasteiger partial charge in [0.1, 0.15) is 0 Å². The minimum absolute atomic E-state index is 0.0991. The van der Waals surface area contributed by atoms with Gasteiger partial charge in [0.15, 0.2) is 11.4 Å². The van der Waals surface area contributed by atoms with Gasteiger partial charge in [0, 0.05) is 13.3 Å². The maximum Gasteiger partial charge on any atom is 0.303 e. The molecule has 0 heterocycles. The van der Waals surface area contributed by atoms with E-state index < -0.39 is 11.6 Å². The highest BCUT2D eigenvalue weighted by Gasteiger charge is 2.42. The summed E-state index contributed by atoms with van der Waals surface area (Å²) in [7, 11) is 0. The Balaban J connectivity index is 2.94. The quantitative estimate of drug-likeness (QED) is 0.601. The van der Waals surface area contributed by atoms with Crippen molar-refractivity contribution in [1.29, 1.82) is 0 Å². The SMILES string of the molecule is CC(=O)OC1(C)CC(C)(C)C=CC1=O. The number of hydrogen-bond acceptors (Lipinski definition) is 3. The zero-order valence-electron chi connectivity index (χ0n) is 9.09. The van der Waals surface area contributed by atoms with Crippen molar-refractivity contribution in [1.82, 2.24) is 0 Å². The van der Waals surface area contributed by atoms with Gasteiger partial charge in [-0.25, -0.2) is 0 Å². The van der Waals surface area contributed by atoms with Gasteiger partial charge in [-0.1, -0.05) is 19.9 Å². The third kappa shape index (κ3) is 2.22. The summed E-state index contributed by atoms with van der Waals surface area (Å²) in [5.41, 5.74) is -1.08. The lowest BCUT2D eigenvalue weighted by atomic mass is 9.74. The zero-order chi connectivity index (χ0) is 11.0. The molecule has 78 valence electrons. The van der Waals surface area contributed by atoms with Crippen molar-refractivity contribution >= 4 is 11.8 Å². The van der Waals surface area contributed by atoms with Gasteiger partial charge in [0.25, 0.3) is 0 Å². The zero-order valence-corrected chi connectivity index (χ0v) is 9.09. The number of hydrogen-bond donors (Lipinski definition) is 0. The molecule has 0 bridgehead atoms. The van der Waals surface area contributed by atoms with Gasteiger partial charge in [0.05, 0.1) is 0 Å². The number of esters is 1. The van der Waals surface area contributed by atoms with E-state index in [4.69, 9.17) is 4.74 Å². The van der Waals surface area contributed by atoms with Crippen molar-refractivity contribution < 1.29 is 14.3 Å². The Bertz CT molecular complexity index is 302. The van der Waals surface area contributed by atoms with Gasteiger partial charge in [-0.2, -0.15) is 0 Å². The molecule has 14 heavy (non-hydrogen) atoms. The fourth-order valence-corrected chi connectivity index (χ4v) is 1.90. The van der Waals surface area contributed by atoms with Gasteiger partial charge in [-0.05, 0) is 18.4 Å². The lowest BCUT2D eigenvalue weighted by molar-refractivity contribution is -0.165. The van der Waals surface area contributed by atoms with E-state index in [0.717, 1.165) is 0 Å². The van der Waals surface area contributed by atoms with E-state index >= 15 is 0 Å². The Morgan fingerprint density at radius 2 is 2.00 bits per heavy atom. The average Bonchev–Trinajstić information content (AvgIpc) is 1.95. The first-order valence-electron chi connectivity index (χ1n) is 4.68. The van der Waals surface area contributed by atoms with Crippen molar-refractivity contribution in [2.75, 3.05) is 0 Å². The minimum Gasteiger partial charge on any atom is -0.451 e. The van der Waals surface area contributed by atoms with Crippen LogP contribution in [0.2, 0.25) is 0 Å². The van der Waals surface area contributed by atoms with Crippen LogP contribution in [0.15, 0.2) is 12.2 Å². The van der Waals surface area contributed by atoms with E-state index in [1.54, 1.807) is 6.92 Å². The van der Waals surface area contributed by atoms with E-state index in [2.05, 4.69) is 0 Å². The predicted molar refractivity (Wildman–Crippen MR) is 52.7 cm³/mol. The second kappa shape index (κ2) is 3.23. The van der Waals surface area contributed by atoms with E-state index in [1.807, 2.05) is 19.9 Å². The number of carbonyl (C=O) groups excluding carboxylic acids is 2.